The van der Waals surface area contributed by atoms with Gasteiger partial charge >= 0.3 is 0 Å². The standard InChI is InChI=1S/C20H28N2O/c1-4-22(5-2)19-12-11-18(15-20(19)23-3)16-21-14-13-17-9-7-6-8-10-17/h6-12,15,21H,4-5,13-14,16H2,1-3H3. The van der Waals surface area contributed by atoms with Crippen molar-refractivity contribution in [3.8, 4) is 5.75 Å². The minimum atomic E-state index is 0.863. The Hall–Kier alpha value is -2.00. The number of methoxy groups -OCH3 is 1. The first kappa shape index (κ1) is 17.4. The number of rotatable bonds is 9. The van der Waals surface area contributed by atoms with Gasteiger partial charge in [0.15, 0.2) is 0 Å². The number of anilines is 1. The van der Waals surface area contributed by atoms with E-state index >= 15 is 0 Å². The predicted molar refractivity (Wildman–Crippen MR) is 98.4 cm³/mol. The van der Waals surface area contributed by atoms with E-state index in [0.29, 0.717) is 0 Å². The highest BCUT2D eigenvalue weighted by molar-refractivity contribution is 5.59. The number of ether oxygens (including phenoxy) is 1. The number of nitrogens with zero attached hydrogens (tertiary/aromatic N) is 1. The van der Waals surface area contributed by atoms with Gasteiger partial charge in [0.1, 0.15) is 5.75 Å². The quantitative estimate of drug-likeness (QED) is 0.711. The van der Waals surface area contributed by atoms with Gasteiger partial charge in [-0.2, -0.15) is 0 Å². The van der Waals surface area contributed by atoms with Crippen molar-refractivity contribution in [1.82, 2.24) is 5.32 Å². The van der Waals surface area contributed by atoms with Crippen molar-refractivity contribution < 1.29 is 4.74 Å². The number of benzene rings is 2. The molecule has 3 heteroatoms. The van der Waals surface area contributed by atoms with Crippen LogP contribution in [0.15, 0.2) is 48.5 Å². The number of nitrogens with one attached hydrogen (secondary N) is 1. The van der Waals surface area contributed by atoms with Crippen LogP contribution in [-0.2, 0) is 13.0 Å². The summed E-state index contributed by atoms with van der Waals surface area (Å²) in [6.45, 7) is 8.15. The Balaban J connectivity index is 1.90. The van der Waals surface area contributed by atoms with Crippen LogP contribution in [0, 0.1) is 0 Å². The van der Waals surface area contributed by atoms with Gasteiger partial charge in [0.2, 0.25) is 0 Å². The summed E-state index contributed by atoms with van der Waals surface area (Å²) in [6, 6.07) is 17.1. The lowest BCUT2D eigenvalue weighted by molar-refractivity contribution is 0.414. The Bertz CT molecular complexity index is 579. The molecule has 2 aromatic rings. The molecule has 23 heavy (non-hydrogen) atoms. The Labute approximate surface area is 140 Å². The van der Waals surface area contributed by atoms with E-state index in [4.69, 9.17) is 4.74 Å². The van der Waals surface area contributed by atoms with Crippen molar-refractivity contribution in [3.05, 3.63) is 59.7 Å². The van der Waals surface area contributed by atoms with Gasteiger partial charge in [-0.3, -0.25) is 0 Å². The average Bonchev–Trinajstić information content (AvgIpc) is 2.61. The maximum Gasteiger partial charge on any atom is 0.142 e. The minimum Gasteiger partial charge on any atom is -0.495 e. The molecule has 0 saturated carbocycles. The topological polar surface area (TPSA) is 24.5 Å². The van der Waals surface area contributed by atoms with Gasteiger partial charge in [0.05, 0.1) is 12.8 Å². The molecule has 3 nitrogen and oxygen atoms in total. The summed E-state index contributed by atoms with van der Waals surface area (Å²) >= 11 is 0. The zero-order valence-electron chi connectivity index (χ0n) is 14.5. The molecule has 0 aromatic heterocycles. The summed E-state index contributed by atoms with van der Waals surface area (Å²) < 4.78 is 5.58. The Morgan fingerprint density at radius 3 is 2.35 bits per heavy atom. The lowest BCUT2D eigenvalue weighted by Gasteiger charge is -2.23. The predicted octanol–water partition coefficient (Wildman–Crippen LogP) is 3.87. The highest BCUT2D eigenvalue weighted by Gasteiger charge is 2.09. The third-order valence-corrected chi connectivity index (χ3v) is 4.11. The van der Waals surface area contributed by atoms with Gasteiger partial charge in [-0.05, 0) is 50.1 Å². The van der Waals surface area contributed by atoms with Gasteiger partial charge in [-0.15, -0.1) is 0 Å². The fourth-order valence-electron chi connectivity index (χ4n) is 2.77. The highest BCUT2D eigenvalue weighted by atomic mass is 16.5. The molecule has 0 spiro atoms. The van der Waals surface area contributed by atoms with E-state index in [1.54, 1.807) is 7.11 Å². The van der Waals surface area contributed by atoms with Crippen LogP contribution in [0.3, 0.4) is 0 Å². The minimum absolute atomic E-state index is 0.863. The first-order chi connectivity index (χ1) is 11.3. The van der Waals surface area contributed by atoms with Gasteiger partial charge in [0, 0.05) is 19.6 Å². The van der Waals surface area contributed by atoms with E-state index in [9.17, 15) is 0 Å². The van der Waals surface area contributed by atoms with Gasteiger partial charge in [-0.25, -0.2) is 0 Å². The largest absolute Gasteiger partial charge is 0.495 e. The molecule has 0 aliphatic rings. The molecule has 124 valence electrons. The summed E-state index contributed by atoms with van der Waals surface area (Å²) in [5, 5.41) is 3.51. The van der Waals surface area contributed by atoms with E-state index in [2.05, 4.69) is 72.6 Å². The van der Waals surface area contributed by atoms with E-state index in [1.807, 2.05) is 0 Å². The second-order valence-electron chi connectivity index (χ2n) is 5.59. The molecule has 0 radical (unpaired) electrons. The van der Waals surface area contributed by atoms with E-state index in [0.717, 1.165) is 38.3 Å². The van der Waals surface area contributed by atoms with Crippen LogP contribution >= 0.6 is 0 Å². The first-order valence-electron chi connectivity index (χ1n) is 8.45. The number of hydrogen-bond donors (Lipinski definition) is 1. The van der Waals surface area contributed by atoms with Crippen LogP contribution in [0.4, 0.5) is 5.69 Å². The molecular formula is C20H28N2O. The van der Waals surface area contributed by atoms with E-state index in [-0.39, 0.29) is 0 Å². The summed E-state index contributed by atoms with van der Waals surface area (Å²) in [5.74, 6) is 0.955. The summed E-state index contributed by atoms with van der Waals surface area (Å²) in [6.07, 6.45) is 1.05. The molecular weight excluding hydrogens is 284 g/mol. The highest BCUT2D eigenvalue weighted by Crippen LogP contribution is 2.29. The molecule has 0 amide bonds. The molecule has 2 rings (SSSR count). The Morgan fingerprint density at radius 2 is 1.70 bits per heavy atom. The third kappa shape index (κ3) is 5.00. The summed E-state index contributed by atoms with van der Waals surface area (Å²) in [5.41, 5.74) is 3.80. The molecule has 0 aliphatic carbocycles. The van der Waals surface area contributed by atoms with Crippen LogP contribution in [0.1, 0.15) is 25.0 Å². The van der Waals surface area contributed by atoms with Crippen LogP contribution in [0.5, 0.6) is 5.75 Å². The van der Waals surface area contributed by atoms with Gasteiger partial charge in [0.25, 0.3) is 0 Å². The second-order valence-corrected chi connectivity index (χ2v) is 5.59. The zero-order chi connectivity index (χ0) is 16.5. The van der Waals surface area contributed by atoms with E-state index < -0.39 is 0 Å². The van der Waals surface area contributed by atoms with Crippen LogP contribution in [0.25, 0.3) is 0 Å². The van der Waals surface area contributed by atoms with Crippen LogP contribution in [0.2, 0.25) is 0 Å². The SMILES string of the molecule is CCN(CC)c1ccc(CNCCc2ccccc2)cc1OC. The molecule has 0 fully saturated rings. The fraction of sp³-hybridized carbons (Fsp3) is 0.400. The normalized spacial score (nSPS) is 10.6. The zero-order valence-corrected chi connectivity index (χ0v) is 14.5. The van der Waals surface area contributed by atoms with Crippen molar-refractivity contribution in [2.24, 2.45) is 0 Å². The average molecular weight is 312 g/mol. The smallest absolute Gasteiger partial charge is 0.142 e. The van der Waals surface area contributed by atoms with Crippen molar-refractivity contribution in [3.63, 3.8) is 0 Å². The van der Waals surface area contributed by atoms with Crippen molar-refractivity contribution >= 4 is 5.69 Å². The van der Waals surface area contributed by atoms with Crippen LogP contribution in [-0.4, -0.2) is 26.7 Å². The molecule has 0 atom stereocenters. The first-order valence-corrected chi connectivity index (χ1v) is 8.45. The van der Waals surface area contributed by atoms with Crippen molar-refractivity contribution in [2.45, 2.75) is 26.8 Å². The Morgan fingerprint density at radius 1 is 0.957 bits per heavy atom. The van der Waals surface area contributed by atoms with Gasteiger partial charge in [-0.1, -0.05) is 36.4 Å². The molecule has 0 unspecified atom stereocenters. The molecule has 0 aliphatic heterocycles. The van der Waals surface area contributed by atoms with Crippen LogP contribution < -0.4 is 15.0 Å². The molecule has 0 heterocycles. The monoisotopic (exact) mass is 312 g/mol. The summed E-state index contributed by atoms with van der Waals surface area (Å²) in [7, 11) is 1.74. The molecule has 2 aromatic carbocycles. The summed E-state index contributed by atoms with van der Waals surface area (Å²) in [4.78, 5) is 2.31. The lowest BCUT2D eigenvalue weighted by Crippen LogP contribution is -2.22. The maximum absolute atomic E-state index is 5.58. The second kappa shape index (κ2) is 9.21. The Kier molecular flexibility index (Phi) is 6.95. The van der Waals surface area contributed by atoms with Crippen molar-refractivity contribution in [1.29, 1.82) is 0 Å². The maximum atomic E-state index is 5.58. The molecule has 0 bridgehead atoms. The van der Waals surface area contributed by atoms with Crippen molar-refractivity contribution in [2.75, 3.05) is 31.6 Å². The fourth-order valence-corrected chi connectivity index (χ4v) is 2.77. The molecule has 0 saturated heterocycles. The molecule has 1 N–H and O–H groups in total. The number of hydrogen-bond acceptors (Lipinski definition) is 3. The third-order valence-electron chi connectivity index (χ3n) is 4.11. The lowest BCUT2D eigenvalue weighted by atomic mass is 10.1. The van der Waals surface area contributed by atoms with E-state index in [1.165, 1.54) is 16.8 Å². The van der Waals surface area contributed by atoms with Gasteiger partial charge < -0.3 is 15.0 Å².